The Hall–Kier alpha value is -0.220. The van der Waals surface area contributed by atoms with Crippen molar-refractivity contribution in [2.75, 3.05) is 24.6 Å². The smallest absolute Gasteiger partial charge is 0.239 e. The molecule has 2 aliphatic rings. The third-order valence-electron chi connectivity index (χ3n) is 3.58. The largest absolute Gasteiger partial charge is 0.338 e. The van der Waals surface area contributed by atoms with Gasteiger partial charge in [0.2, 0.25) is 5.91 Å². The molecule has 0 aliphatic carbocycles. The zero-order valence-corrected chi connectivity index (χ0v) is 10.9. The number of hydrogen-bond acceptors (Lipinski definition) is 3. The van der Waals surface area contributed by atoms with Crippen LogP contribution in [0.5, 0.6) is 0 Å². The molecule has 0 radical (unpaired) electrons. The summed E-state index contributed by atoms with van der Waals surface area (Å²) in [5.74, 6) is 2.69. The lowest BCUT2D eigenvalue weighted by atomic mass is 10.0. The fourth-order valence-corrected chi connectivity index (χ4v) is 3.85. The topological polar surface area (TPSA) is 32.3 Å². The molecule has 0 bridgehead atoms. The second-order valence-corrected chi connectivity index (χ2v) is 5.79. The highest BCUT2D eigenvalue weighted by Crippen LogP contribution is 2.23. The van der Waals surface area contributed by atoms with Gasteiger partial charge in [0.05, 0.1) is 6.04 Å². The number of rotatable bonds is 3. The van der Waals surface area contributed by atoms with Crippen molar-refractivity contribution in [2.45, 2.75) is 44.7 Å². The Bertz CT molecular complexity index is 235. The van der Waals surface area contributed by atoms with Gasteiger partial charge in [-0.25, -0.2) is 0 Å². The van der Waals surface area contributed by atoms with E-state index in [1.165, 1.54) is 25.0 Å². The summed E-state index contributed by atoms with van der Waals surface area (Å²) in [5, 5.41) is 3.36. The zero-order valence-electron chi connectivity index (χ0n) is 10.1. The van der Waals surface area contributed by atoms with Gasteiger partial charge in [-0.15, -0.1) is 0 Å². The van der Waals surface area contributed by atoms with Crippen LogP contribution in [0.2, 0.25) is 0 Å². The number of carbonyl (C=O) groups is 1. The lowest BCUT2D eigenvalue weighted by Crippen LogP contribution is -2.51. The molecule has 16 heavy (non-hydrogen) atoms. The van der Waals surface area contributed by atoms with Crippen LogP contribution in [0.3, 0.4) is 0 Å². The highest BCUT2D eigenvalue weighted by molar-refractivity contribution is 7.99. The molecule has 0 aromatic carbocycles. The molecule has 1 amide bonds. The first-order chi connectivity index (χ1) is 7.83. The minimum atomic E-state index is 0.0966. The second kappa shape index (κ2) is 5.92. The van der Waals surface area contributed by atoms with Crippen LogP contribution in [-0.4, -0.2) is 47.5 Å². The van der Waals surface area contributed by atoms with Crippen LogP contribution < -0.4 is 5.32 Å². The maximum atomic E-state index is 12.4. The Kier molecular flexibility index (Phi) is 4.53. The summed E-state index contributed by atoms with van der Waals surface area (Å²) >= 11 is 1.98. The van der Waals surface area contributed by atoms with Crippen molar-refractivity contribution in [1.82, 2.24) is 10.2 Å². The van der Waals surface area contributed by atoms with Crippen LogP contribution in [-0.2, 0) is 4.79 Å². The molecule has 0 aromatic heterocycles. The van der Waals surface area contributed by atoms with Gasteiger partial charge in [0, 0.05) is 18.3 Å². The predicted octanol–water partition coefficient (Wildman–Crippen LogP) is 1.48. The van der Waals surface area contributed by atoms with E-state index in [2.05, 4.69) is 17.1 Å². The van der Waals surface area contributed by atoms with Gasteiger partial charge in [-0.2, -0.15) is 11.8 Å². The molecule has 0 spiro atoms. The van der Waals surface area contributed by atoms with Crippen LogP contribution in [0.15, 0.2) is 0 Å². The highest BCUT2D eigenvalue weighted by atomic mass is 32.2. The first-order valence-electron chi connectivity index (χ1n) is 6.44. The number of likely N-dealkylation sites (N-methyl/N-ethyl adjacent to an activating group) is 1. The quantitative estimate of drug-likeness (QED) is 0.813. The van der Waals surface area contributed by atoms with Crippen molar-refractivity contribution in [1.29, 1.82) is 0 Å². The Morgan fingerprint density at radius 2 is 2.31 bits per heavy atom. The summed E-state index contributed by atoms with van der Waals surface area (Å²) in [5.41, 5.74) is 0. The summed E-state index contributed by atoms with van der Waals surface area (Å²) in [6.45, 7) is 3.97. The molecule has 2 atom stereocenters. The van der Waals surface area contributed by atoms with Crippen LogP contribution in [0, 0.1) is 0 Å². The van der Waals surface area contributed by atoms with E-state index in [1.54, 1.807) is 0 Å². The molecule has 92 valence electrons. The third-order valence-corrected chi connectivity index (χ3v) is 4.72. The zero-order chi connectivity index (χ0) is 11.4. The fraction of sp³-hybridized carbons (Fsp3) is 0.917. The number of hydrogen-bond donors (Lipinski definition) is 1. The van der Waals surface area contributed by atoms with Crippen molar-refractivity contribution in [3.63, 3.8) is 0 Å². The Labute approximate surface area is 102 Å². The van der Waals surface area contributed by atoms with E-state index in [1.807, 2.05) is 11.8 Å². The first-order valence-corrected chi connectivity index (χ1v) is 7.60. The van der Waals surface area contributed by atoms with E-state index in [4.69, 9.17) is 0 Å². The van der Waals surface area contributed by atoms with Crippen molar-refractivity contribution >= 4 is 17.7 Å². The first kappa shape index (κ1) is 12.2. The summed E-state index contributed by atoms with van der Waals surface area (Å²) in [7, 11) is 0. The van der Waals surface area contributed by atoms with Gasteiger partial charge >= 0.3 is 0 Å². The number of carbonyl (C=O) groups excluding carboxylic acids is 1. The maximum Gasteiger partial charge on any atom is 0.239 e. The molecule has 4 heteroatoms. The van der Waals surface area contributed by atoms with Gasteiger partial charge in [-0.05, 0) is 38.5 Å². The molecule has 3 nitrogen and oxygen atoms in total. The number of nitrogens with zero attached hydrogens (tertiary/aromatic N) is 1. The molecule has 2 fully saturated rings. The van der Waals surface area contributed by atoms with Gasteiger partial charge < -0.3 is 10.2 Å². The minimum Gasteiger partial charge on any atom is -0.338 e. The maximum absolute atomic E-state index is 12.4. The number of thioether (sulfide) groups is 1. The molecule has 2 aliphatic heterocycles. The van der Waals surface area contributed by atoms with Gasteiger partial charge in [0.1, 0.15) is 0 Å². The second-order valence-electron chi connectivity index (χ2n) is 4.64. The van der Waals surface area contributed by atoms with Gasteiger partial charge in [-0.1, -0.05) is 6.42 Å². The lowest BCUT2D eigenvalue weighted by molar-refractivity contribution is -0.135. The predicted molar refractivity (Wildman–Crippen MR) is 68.8 cm³/mol. The average Bonchev–Trinajstić information content (AvgIpc) is 2.85. The van der Waals surface area contributed by atoms with Crippen molar-refractivity contribution in [2.24, 2.45) is 0 Å². The summed E-state index contributed by atoms with van der Waals surface area (Å²) in [6, 6.07) is 0.588. The van der Waals surface area contributed by atoms with Crippen molar-refractivity contribution < 1.29 is 4.79 Å². The number of amides is 1. The SMILES string of the molecule is CCN(C(=O)[C@@H]1CCCCN1)[C@@H]1CCSC1. The summed E-state index contributed by atoms with van der Waals surface area (Å²) in [6.07, 6.45) is 4.61. The van der Waals surface area contributed by atoms with Crippen molar-refractivity contribution in [3.05, 3.63) is 0 Å². The average molecular weight is 242 g/mol. The van der Waals surface area contributed by atoms with Crippen molar-refractivity contribution in [3.8, 4) is 0 Å². The van der Waals surface area contributed by atoms with Gasteiger partial charge in [0.15, 0.2) is 0 Å². The standard InChI is InChI=1S/C12H22N2OS/c1-2-14(10-6-8-16-9-10)12(15)11-5-3-4-7-13-11/h10-11,13H,2-9H2,1H3/t10-,11+/m1/s1. The molecule has 2 heterocycles. The molecular formula is C12H22N2OS. The van der Waals surface area contributed by atoms with Gasteiger partial charge in [0.25, 0.3) is 0 Å². The molecule has 2 rings (SSSR count). The highest BCUT2D eigenvalue weighted by Gasteiger charge is 2.30. The van der Waals surface area contributed by atoms with E-state index in [9.17, 15) is 4.79 Å². The Morgan fingerprint density at radius 3 is 2.88 bits per heavy atom. The molecule has 0 saturated carbocycles. The van der Waals surface area contributed by atoms with E-state index < -0.39 is 0 Å². The summed E-state index contributed by atoms with van der Waals surface area (Å²) in [4.78, 5) is 14.5. The Balaban J connectivity index is 1.93. The van der Waals surface area contributed by atoms with E-state index >= 15 is 0 Å². The third kappa shape index (κ3) is 2.72. The monoisotopic (exact) mass is 242 g/mol. The van der Waals surface area contributed by atoms with E-state index in [0.29, 0.717) is 11.9 Å². The normalized spacial score (nSPS) is 30.3. The van der Waals surface area contributed by atoms with Crippen LogP contribution >= 0.6 is 11.8 Å². The van der Waals surface area contributed by atoms with Gasteiger partial charge in [-0.3, -0.25) is 4.79 Å². The summed E-state index contributed by atoms with van der Waals surface area (Å²) < 4.78 is 0. The molecule has 1 N–H and O–H groups in total. The minimum absolute atomic E-state index is 0.0966. The Morgan fingerprint density at radius 1 is 1.44 bits per heavy atom. The lowest BCUT2D eigenvalue weighted by Gasteiger charge is -2.33. The van der Waals surface area contributed by atoms with Crippen LogP contribution in [0.25, 0.3) is 0 Å². The molecular weight excluding hydrogens is 220 g/mol. The molecule has 0 aromatic rings. The molecule has 2 saturated heterocycles. The fourth-order valence-electron chi connectivity index (χ4n) is 2.62. The van der Waals surface area contributed by atoms with Crippen LogP contribution in [0.4, 0.5) is 0 Å². The number of piperidine rings is 1. The van der Waals surface area contributed by atoms with Crippen LogP contribution in [0.1, 0.15) is 32.6 Å². The van der Waals surface area contributed by atoms with E-state index in [0.717, 1.165) is 25.3 Å². The number of nitrogens with one attached hydrogen (secondary N) is 1. The molecule has 0 unspecified atom stereocenters. The van der Waals surface area contributed by atoms with E-state index in [-0.39, 0.29) is 6.04 Å².